The Balaban J connectivity index is 1.83. The van der Waals surface area contributed by atoms with Crippen LogP contribution in [0.25, 0.3) is 10.4 Å². The summed E-state index contributed by atoms with van der Waals surface area (Å²) in [4.78, 5) is 12.6. The van der Waals surface area contributed by atoms with Gasteiger partial charge in [0.05, 0.1) is 32.4 Å². The molecule has 3 rings (SSSR count). The van der Waals surface area contributed by atoms with Crippen LogP contribution < -0.4 is 5.43 Å². The first-order valence-corrected chi connectivity index (χ1v) is 9.04. The van der Waals surface area contributed by atoms with Crippen molar-refractivity contribution in [3.05, 3.63) is 56.7 Å². The zero-order valence-corrected chi connectivity index (χ0v) is 16.0. The van der Waals surface area contributed by atoms with Crippen molar-refractivity contribution < 1.29 is 14.4 Å². The summed E-state index contributed by atoms with van der Waals surface area (Å²) in [5.74, 6) is -0.369. The number of benzene rings is 1. The Hall–Kier alpha value is -2.35. The van der Waals surface area contributed by atoms with Crippen LogP contribution >= 0.6 is 34.5 Å². The van der Waals surface area contributed by atoms with Crippen molar-refractivity contribution in [3.8, 4) is 16.2 Å². The molecule has 0 fully saturated rings. The number of aryl methyl sites for hydroxylation is 1. The molecule has 0 spiro atoms. The first-order chi connectivity index (χ1) is 12.4. The number of aromatic hydroxyl groups is 1. The number of carbonyl (C=O) groups is 1. The highest BCUT2D eigenvalue weighted by molar-refractivity contribution is 7.14. The van der Waals surface area contributed by atoms with Gasteiger partial charge in [0.1, 0.15) is 5.75 Å². The molecule has 3 aromatic rings. The fraction of sp³-hybridized carbons (Fsp3) is 0.118. The van der Waals surface area contributed by atoms with E-state index in [1.165, 1.54) is 17.5 Å². The number of nitrogens with one attached hydrogen (secondary N) is 1. The number of halogens is 2. The zero-order chi connectivity index (χ0) is 18.8. The number of thiophene rings is 1. The molecule has 0 unspecified atom stereocenters. The predicted octanol–water partition coefficient (Wildman–Crippen LogP) is 4.88. The first-order valence-electron chi connectivity index (χ1n) is 7.40. The molecule has 2 heterocycles. The van der Waals surface area contributed by atoms with Gasteiger partial charge in [-0.25, -0.2) is 5.43 Å². The molecule has 2 N–H and O–H groups in total. The third kappa shape index (κ3) is 3.60. The molecule has 0 bridgehead atoms. The Morgan fingerprint density at radius 3 is 2.77 bits per heavy atom. The van der Waals surface area contributed by atoms with Gasteiger partial charge in [0.15, 0.2) is 0 Å². The molecule has 2 aromatic heterocycles. The smallest absolute Gasteiger partial charge is 0.310 e. The number of rotatable bonds is 4. The topological polar surface area (TPSA) is 87.7 Å². The maximum absolute atomic E-state index is 12.0. The van der Waals surface area contributed by atoms with Crippen LogP contribution in [-0.4, -0.2) is 21.9 Å². The van der Waals surface area contributed by atoms with Gasteiger partial charge < -0.3 is 9.63 Å². The minimum atomic E-state index is -0.515. The van der Waals surface area contributed by atoms with Crippen LogP contribution in [0.1, 0.15) is 28.6 Å². The van der Waals surface area contributed by atoms with Gasteiger partial charge >= 0.3 is 5.91 Å². The number of hydrogen-bond donors (Lipinski definition) is 2. The zero-order valence-electron chi connectivity index (χ0n) is 13.7. The molecule has 0 aliphatic rings. The SMILES string of the molecule is CC(=NNC(=O)c1oncc1C)c1csc(-c2ccc(Cl)c(Cl)c2)c1O. The molecule has 1 amide bonds. The lowest BCUT2D eigenvalue weighted by molar-refractivity contribution is 0.0917. The van der Waals surface area contributed by atoms with E-state index in [1.807, 2.05) is 0 Å². The number of hydrazone groups is 1. The summed E-state index contributed by atoms with van der Waals surface area (Å²) in [6.07, 6.45) is 1.44. The highest BCUT2D eigenvalue weighted by Crippen LogP contribution is 2.40. The van der Waals surface area contributed by atoms with Crippen molar-refractivity contribution in [1.82, 2.24) is 10.6 Å². The van der Waals surface area contributed by atoms with Crippen LogP contribution in [0.5, 0.6) is 5.75 Å². The summed E-state index contributed by atoms with van der Waals surface area (Å²) in [5.41, 5.74) is 4.68. The molecular weight excluding hydrogens is 397 g/mol. The van der Waals surface area contributed by atoms with Gasteiger partial charge in [0, 0.05) is 10.9 Å². The van der Waals surface area contributed by atoms with Gasteiger partial charge in [0.2, 0.25) is 5.76 Å². The molecule has 6 nitrogen and oxygen atoms in total. The molecule has 0 aliphatic heterocycles. The Morgan fingerprint density at radius 1 is 1.35 bits per heavy atom. The summed E-state index contributed by atoms with van der Waals surface area (Å²) in [5, 5.41) is 20.7. The largest absolute Gasteiger partial charge is 0.506 e. The van der Waals surface area contributed by atoms with Gasteiger partial charge in [0.25, 0.3) is 0 Å². The number of nitrogens with zero attached hydrogens (tertiary/aromatic N) is 2. The average Bonchev–Trinajstić information content (AvgIpc) is 3.21. The second kappa shape index (κ2) is 7.49. The Bertz CT molecular complexity index is 1010. The lowest BCUT2D eigenvalue weighted by Crippen LogP contribution is -2.19. The summed E-state index contributed by atoms with van der Waals surface area (Å²) in [6.45, 7) is 3.38. The molecule has 0 saturated carbocycles. The van der Waals surface area contributed by atoms with Crippen LogP contribution in [0.3, 0.4) is 0 Å². The van der Waals surface area contributed by atoms with Crippen molar-refractivity contribution in [2.75, 3.05) is 0 Å². The first kappa shape index (κ1) is 18.4. The molecule has 0 saturated heterocycles. The minimum absolute atomic E-state index is 0.0553. The molecule has 0 radical (unpaired) electrons. The Kier molecular flexibility index (Phi) is 5.31. The van der Waals surface area contributed by atoms with Crippen LogP contribution in [0.15, 0.2) is 39.4 Å². The van der Waals surface area contributed by atoms with Crippen LogP contribution in [0.4, 0.5) is 0 Å². The molecule has 9 heteroatoms. The normalized spacial score (nSPS) is 11.6. The molecular formula is C17H13Cl2N3O3S. The van der Waals surface area contributed by atoms with Crippen molar-refractivity contribution >= 4 is 46.2 Å². The number of carbonyl (C=O) groups excluding carboxylic acids is 1. The highest BCUT2D eigenvalue weighted by atomic mass is 35.5. The number of aromatic nitrogens is 1. The van der Waals surface area contributed by atoms with Gasteiger partial charge in [-0.05, 0) is 31.5 Å². The van der Waals surface area contributed by atoms with E-state index >= 15 is 0 Å². The molecule has 26 heavy (non-hydrogen) atoms. The molecule has 0 atom stereocenters. The second-order valence-corrected chi connectivity index (χ2v) is 7.13. The van der Waals surface area contributed by atoms with E-state index in [2.05, 4.69) is 15.7 Å². The lowest BCUT2D eigenvalue weighted by Gasteiger charge is -2.04. The summed E-state index contributed by atoms with van der Waals surface area (Å²) < 4.78 is 4.87. The van der Waals surface area contributed by atoms with Crippen LogP contribution in [0, 0.1) is 6.92 Å². The number of hydrogen-bond acceptors (Lipinski definition) is 6. The van der Waals surface area contributed by atoms with Gasteiger partial charge in [-0.3, -0.25) is 4.79 Å². The molecule has 134 valence electrons. The monoisotopic (exact) mass is 409 g/mol. The number of amides is 1. The quantitative estimate of drug-likeness (QED) is 0.474. The van der Waals surface area contributed by atoms with Crippen molar-refractivity contribution in [2.45, 2.75) is 13.8 Å². The van der Waals surface area contributed by atoms with E-state index < -0.39 is 5.91 Å². The van der Waals surface area contributed by atoms with Crippen molar-refractivity contribution in [1.29, 1.82) is 0 Å². The van der Waals surface area contributed by atoms with Crippen LogP contribution in [-0.2, 0) is 0 Å². The lowest BCUT2D eigenvalue weighted by atomic mass is 10.1. The third-order valence-electron chi connectivity index (χ3n) is 3.62. The Labute approximate surface area is 163 Å². The third-order valence-corrected chi connectivity index (χ3v) is 5.37. The maximum Gasteiger partial charge on any atom is 0.310 e. The van der Waals surface area contributed by atoms with Gasteiger partial charge in [-0.2, -0.15) is 5.10 Å². The fourth-order valence-electron chi connectivity index (χ4n) is 2.21. The van der Waals surface area contributed by atoms with Gasteiger partial charge in [-0.15, -0.1) is 11.3 Å². The average molecular weight is 410 g/mol. The standard InChI is InChI=1S/C17H13Cl2N3O3S/c1-8-6-20-25-15(8)17(24)22-21-9(2)11-7-26-16(14(11)23)10-3-4-12(18)13(19)5-10/h3-7,23H,1-2H3,(H,22,24). The van der Waals surface area contributed by atoms with E-state index in [4.69, 9.17) is 27.7 Å². The molecule has 1 aromatic carbocycles. The second-order valence-electron chi connectivity index (χ2n) is 5.43. The summed E-state index contributed by atoms with van der Waals surface area (Å²) >= 11 is 13.3. The van der Waals surface area contributed by atoms with E-state index in [0.29, 0.717) is 31.8 Å². The minimum Gasteiger partial charge on any atom is -0.506 e. The van der Waals surface area contributed by atoms with Crippen molar-refractivity contribution in [2.24, 2.45) is 5.10 Å². The van der Waals surface area contributed by atoms with E-state index in [1.54, 1.807) is 37.4 Å². The molecule has 0 aliphatic carbocycles. The maximum atomic E-state index is 12.0. The van der Waals surface area contributed by atoms with Gasteiger partial charge in [-0.1, -0.05) is 34.4 Å². The van der Waals surface area contributed by atoms with Crippen LogP contribution in [0.2, 0.25) is 10.0 Å². The Morgan fingerprint density at radius 2 is 2.12 bits per heavy atom. The van der Waals surface area contributed by atoms with E-state index in [9.17, 15) is 9.90 Å². The van der Waals surface area contributed by atoms with E-state index in [-0.39, 0.29) is 11.5 Å². The van der Waals surface area contributed by atoms with Crippen molar-refractivity contribution in [3.63, 3.8) is 0 Å². The fourth-order valence-corrected chi connectivity index (χ4v) is 3.51. The highest BCUT2D eigenvalue weighted by Gasteiger charge is 2.17. The predicted molar refractivity (Wildman–Crippen MR) is 102 cm³/mol. The summed E-state index contributed by atoms with van der Waals surface area (Å²) in [6, 6.07) is 5.11. The van der Waals surface area contributed by atoms with E-state index in [0.717, 1.165) is 5.56 Å². The summed E-state index contributed by atoms with van der Waals surface area (Å²) in [7, 11) is 0.